The van der Waals surface area contributed by atoms with Gasteiger partial charge >= 0.3 is 0 Å². The number of nitrogens with one attached hydrogen (secondary N) is 2. The van der Waals surface area contributed by atoms with Crippen LogP contribution in [0.5, 0.6) is 5.75 Å². The van der Waals surface area contributed by atoms with Gasteiger partial charge in [-0.05, 0) is 38.1 Å². The number of ether oxygens (including phenoxy) is 1. The molecule has 2 rings (SSSR count). The molecule has 1 amide bonds. The van der Waals surface area contributed by atoms with Gasteiger partial charge in [-0.15, -0.1) is 0 Å². The molecule has 1 aliphatic heterocycles. The molecule has 0 radical (unpaired) electrons. The van der Waals surface area contributed by atoms with Gasteiger partial charge in [0.25, 0.3) is 0 Å². The van der Waals surface area contributed by atoms with Crippen LogP contribution in [0, 0.1) is 0 Å². The molecule has 1 heterocycles. The number of hydrogen-bond acceptors (Lipinski definition) is 3. The zero-order valence-electron chi connectivity index (χ0n) is 10.1. The van der Waals surface area contributed by atoms with Crippen molar-refractivity contribution in [1.82, 2.24) is 5.32 Å². The van der Waals surface area contributed by atoms with Gasteiger partial charge in [-0.25, -0.2) is 0 Å². The number of fused-ring (bicyclic) bond motifs is 1. The van der Waals surface area contributed by atoms with Gasteiger partial charge in [-0.1, -0.05) is 6.07 Å². The van der Waals surface area contributed by atoms with Gasteiger partial charge < -0.3 is 15.4 Å². The minimum Gasteiger partial charge on any atom is -0.493 e. The second-order valence-corrected chi connectivity index (χ2v) is 4.17. The maximum Gasteiger partial charge on any atom is 0.224 e. The zero-order valence-corrected chi connectivity index (χ0v) is 10.1. The first-order chi connectivity index (χ1) is 8.29. The Balaban J connectivity index is 1.95. The van der Waals surface area contributed by atoms with Gasteiger partial charge in [0.2, 0.25) is 5.91 Å². The van der Waals surface area contributed by atoms with Crippen molar-refractivity contribution < 1.29 is 9.53 Å². The van der Waals surface area contributed by atoms with Gasteiger partial charge in [-0.3, -0.25) is 4.79 Å². The highest BCUT2D eigenvalue weighted by molar-refractivity contribution is 5.94. The van der Waals surface area contributed by atoms with Gasteiger partial charge in [-0.2, -0.15) is 0 Å². The standard InChI is InChI=1S/C13H18N2O2/c1-14-7-2-8-17-11-5-3-10-4-6-13(16)15-12(10)9-11/h3,5,9,14H,2,4,6-8H2,1H3,(H,15,16). The monoisotopic (exact) mass is 234 g/mol. The molecular formula is C13H18N2O2. The number of amides is 1. The summed E-state index contributed by atoms with van der Waals surface area (Å²) in [4.78, 5) is 11.3. The molecule has 0 bridgehead atoms. The van der Waals surface area contributed by atoms with Crippen LogP contribution < -0.4 is 15.4 Å². The number of anilines is 1. The molecule has 0 atom stereocenters. The molecule has 0 fully saturated rings. The summed E-state index contributed by atoms with van der Waals surface area (Å²) in [5, 5.41) is 5.94. The molecule has 0 aromatic heterocycles. The van der Waals surface area contributed by atoms with E-state index >= 15 is 0 Å². The molecule has 1 aromatic rings. The van der Waals surface area contributed by atoms with Gasteiger partial charge in [0.1, 0.15) is 5.75 Å². The topological polar surface area (TPSA) is 50.4 Å². The highest BCUT2D eigenvalue weighted by Crippen LogP contribution is 2.27. The number of carbonyl (C=O) groups is 1. The molecule has 0 spiro atoms. The number of aryl methyl sites for hydroxylation is 1. The maximum absolute atomic E-state index is 11.3. The third kappa shape index (κ3) is 3.20. The molecule has 0 saturated carbocycles. The van der Waals surface area contributed by atoms with E-state index in [9.17, 15) is 4.79 Å². The lowest BCUT2D eigenvalue weighted by atomic mass is 10.0. The van der Waals surface area contributed by atoms with E-state index in [0.29, 0.717) is 13.0 Å². The fourth-order valence-corrected chi connectivity index (χ4v) is 1.88. The van der Waals surface area contributed by atoms with Gasteiger partial charge in [0, 0.05) is 18.2 Å². The predicted molar refractivity (Wildman–Crippen MR) is 67.4 cm³/mol. The predicted octanol–water partition coefficient (Wildman–Crippen LogP) is 1.56. The van der Waals surface area contributed by atoms with E-state index < -0.39 is 0 Å². The highest BCUT2D eigenvalue weighted by Gasteiger charge is 2.14. The number of carbonyl (C=O) groups excluding carboxylic acids is 1. The Kier molecular flexibility index (Phi) is 3.98. The van der Waals surface area contributed by atoms with Crippen molar-refractivity contribution in [3.05, 3.63) is 23.8 Å². The fourth-order valence-electron chi connectivity index (χ4n) is 1.88. The quantitative estimate of drug-likeness (QED) is 0.760. The summed E-state index contributed by atoms with van der Waals surface area (Å²) in [6.07, 6.45) is 2.37. The van der Waals surface area contributed by atoms with Crippen LogP contribution in [-0.4, -0.2) is 26.1 Å². The summed E-state index contributed by atoms with van der Waals surface area (Å²) in [7, 11) is 1.93. The molecule has 4 nitrogen and oxygen atoms in total. The van der Waals surface area contributed by atoms with E-state index in [0.717, 1.165) is 30.8 Å². The smallest absolute Gasteiger partial charge is 0.224 e. The Labute approximate surface area is 101 Å². The van der Waals surface area contributed by atoms with Crippen LogP contribution in [0.2, 0.25) is 0 Å². The molecule has 1 aromatic carbocycles. The van der Waals surface area contributed by atoms with E-state index in [1.54, 1.807) is 0 Å². The maximum atomic E-state index is 11.3. The van der Waals surface area contributed by atoms with Crippen molar-refractivity contribution in [2.75, 3.05) is 25.5 Å². The second-order valence-electron chi connectivity index (χ2n) is 4.17. The fraction of sp³-hybridized carbons (Fsp3) is 0.462. The van der Waals surface area contributed by atoms with E-state index in [1.165, 1.54) is 5.56 Å². The zero-order chi connectivity index (χ0) is 12.1. The Morgan fingerprint density at radius 1 is 1.41 bits per heavy atom. The van der Waals surface area contributed by atoms with Crippen molar-refractivity contribution >= 4 is 11.6 Å². The summed E-state index contributed by atoms with van der Waals surface area (Å²) >= 11 is 0. The lowest BCUT2D eigenvalue weighted by molar-refractivity contribution is -0.116. The largest absolute Gasteiger partial charge is 0.493 e. The first-order valence-corrected chi connectivity index (χ1v) is 6.00. The third-order valence-corrected chi connectivity index (χ3v) is 2.82. The summed E-state index contributed by atoms with van der Waals surface area (Å²) in [5.74, 6) is 0.909. The molecule has 2 N–H and O–H groups in total. The van der Waals surface area contributed by atoms with Gasteiger partial charge in [0.15, 0.2) is 0 Å². The molecule has 92 valence electrons. The minimum atomic E-state index is 0.0878. The van der Waals surface area contributed by atoms with E-state index in [4.69, 9.17) is 4.74 Å². The first-order valence-electron chi connectivity index (χ1n) is 6.00. The highest BCUT2D eigenvalue weighted by atomic mass is 16.5. The lowest BCUT2D eigenvalue weighted by Crippen LogP contribution is -2.19. The number of hydrogen-bond donors (Lipinski definition) is 2. The van der Waals surface area contributed by atoms with Crippen molar-refractivity contribution in [2.45, 2.75) is 19.3 Å². The summed E-state index contributed by atoms with van der Waals surface area (Å²) in [6.45, 7) is 1.63. The second kappa shape index (κ2) is 5.68. The normalized spacial score (nSPS) is 14.1. The molecular weight excluding hydrogens is 216 g/mol. The van der Waals surface area contributed by atoms with Crippen LogP contribution in [0.1, 0.15) is 18.4 Å². The van der Waals surface area contributed by atoms with E-state index in [-0.39, 0.29) is 5.91 Å². The molecule has 1 aliphatic rings. The van der Waals surface area contributed by atoms with Crippen LogP contribution in [0.15, 0.2) is 18.2 Å². The van der Waals surface area contributed by atoms with Crippen molar-refractivity contribution in [2.24, 2.45) is 0 Å². The Bertz CT molecular complexity index is 404. The molecule has 0 unspecified atom stereocenters. The van der Waals surface area contributed by atoms with Crippen LogP contribution in [-0.2, 0) is 11.2 Å². The number of rotatable bonds is 5. The molecule has 0 saturated heterocycles. The Hall–Kier alpha value is -1.55. The summed E-state index contributed by atoms with van der Waals surface area (Å²) in [5.41, 5.74) is 2.08. The average Bonchev–Trinajstić information content (AvgIpc) is 2.34. The van der Waals surface area contributed by atoms with Crippen molar-refractivity contribution in [3.63, 3.8) is 0 Å². The van der Waals surface area contributed by atoms with E-state index in [1.807, 2.05) is 25.2 Å². The third-order valence-electron chi connectivity index (χ3n) is 2.82. The first kappa shape index (κ1) is 11.9. The van der Waals surface area contributed by atoms with Crippen LogP contribution >= 0.6 is 0 Å². The van der Waals surface area contributed by atoms with E-state index in [2.05, 4.69) is 10.6 Å². The van der Waals surface area contributed by atoms with Crippen LogP contribution in [0.25, 0.3) is 0 Å². The van der Waals surface area contributed by atoms with Crippen molar-refractivity contribution in [3.8, 4) is 5.75 Å². The lowest BCUT2D eigenvalue weighted by Gasteiger charge is -2.17. The molecule has 17 heavy (non-hydrogen) atoms. The summed E-state index contributed by atoms with van der Waals surface area (Å²) < 4.78 is 5.62. The van der Waals surface area contributed by atoms with Crippen LogP contribution in [0.4, 0.5) is 5.69 Å². The van der Waals surface area contributed by atoms with Crippen LogP contribution in [0.3, 0.4) is 0 Å². The van der Waals surface area contributed by atoms with Gasteiger partial charge in [0.05, 0.1) is 6.61 Å². The average molecular weight is 234 g/mol. The molecule has 4 heteroatoms. The number of benzene rings is 1. The minimum absolute atomic E-state index is 0.0878. The molecule has 0 aliphatic carbocycles. The Morgan fingerprint density at radius 3 is 3.12 bits per heavy atom. The summed E-state index contributed by atoms with van der Waals surface area (Å²) in [6, 6.07) is 5.91. The SMILES string of the molecule is CNCCCOc1ccc2c(c1)NC(=O)CC2. The van der Waals surface area contributed by atoms with Crippen molar-refractivity contribution in [1.29, 1.82) is 0 Å². The Morgan fingerprint density at radius 2 is 2.29 bits per heavy atom.